The van der Waals surface area contributed by atoms with E-state index in [1.54, 1.807) is 42.5 Å². The molecule has 0 saturated heterocycles. The van der Waals surface area contributed by atoms with E-state index in [9.17, 15) is 4.79 Å². The molecule has 0 amide bonds. The Labute approximate surface area is 224 Å². The predicted molar refractivity (Wildman–Crippen MR) is 144 cm³/mol. The molecule has 4 rings (SSSR count). The first kappa shape index (κ1) is 25.8. The van der Waals surface area contributed by atoms with Crippen LogP contribution in [0.15, 0.2) is 65.2 Å². The van der Waals surface area contributed by atoms with Crippen molar-refractivity contribution >= 4 is 53.4 Å². The molecule has 184 valence electrons. The molecule has 3 aromatic carbocycles. The van der Waals surface area contributed by atoms with Gasteiger partial charge in [0.25, 0.3) is 6.47 Å². The van der Waals surface area contributed by atoms with Gasteiger partial charge in [-0.1, -0.05) is 84.2 Å². The summed E-state index contributed by atoms with van der Waals surface area (Å²) < 4.78 is 16.6. The van der Waals surface area contributed by atoms with E-state index in [1.807, 2.05) is 44.2 Å². The maximum absolute atomic E-state index is 10.6. The van der Waals surface area contributed by atoms with Crippen LogP contribution in [-0.2, 0) is 11.4 Å². The first-order chi connectivity index (χ1) is 17.4. The first-order valence-electron chi connectivity index (χ1n) is 11.1. The Morgan fingerprint density at radius 3 is 2.36 bits per heavy atom. The van der Waals surface area contributed by atoms with Gasteiger partial charge in [-0.15, -0.1) is 0 Å². The van der Waals surface area contributed by atoms with E-state index < -0.39 is 0 Å². The van der Waals surface area contributed by atoms with Crippen LogP contribution in [0.3, 0.4) is 0 Å². The number of nitrogens with zero attached hydrogens (tertiary/aromatic N) is 1. The highest BCUT2D eigenvalue weighted by Crippen LogP contribution is 2.39. The number of carbonyl (C=O) groups excluding carboxylic acids is 1. The van der Waals surface area contributed by atoms with Crippen LogP contribution in [0.25, 0.3) is 23.4 Å². The number of benzene rings is 3. The highest BCUT2D eigenvalue weighted by Gasteiger charge is 2.23. The van der Waals surface area contributed by atoms with Crippen molar-refractivity contribution in [3.63, 3.8) is 0 Å². The Kier molecular flexibility index (Phi) is 8.36. The van der Waals surface area contributed by atoms with E-state index in [2.05, 4.69) is 5.16 Å². The molecule has 0 radical (unpaired) electrons. The molecule has 0 aliphatic carbocycles. The largest absolute Gasteiger partial charge is 0.489 e. The lowest BCUT2D eigenvalue weighted by Gasteiger charge is -2.11. The third kappa shape index (κ3) is 5.93. The van der Waals surface area contributed by atoms with Crippen molar-refractivity contribution < 1.29 is 18.8 Å². The van der Waals surface area contributed by atoms with E-state index >= 15 is 0 Å². The highest BCUT2D eigenvalue weighted by atomic mass is 35.5. The quantitative estimate of drug-likeness (QED) is 0.156. The molecule has 8 heteroatoms. The minimum absolute atomic E-state index is 0.0812. The molecule has 0 unspecified atom stereocenters. The van der Waals surface area contributed by atoms with E-state index in [4.69, 9.17) is 48.8 Å². The molecule has 0 spiro atoms. The van der Waals surface area contributed by atoms with Gasteiger partial charge in [0.1, 0.15) is 29.6 Å². The minimum atomic E-state index is 0.0812. The maximum Gasteiger partial charge on any atom is 0.298 e. The lowest BCUT2D eigenvalue weighted by atomic mass is 10.0. The number of ether oxygens (including phenoxy) is 2. The summed E-state index contributed by atoms with van der Waals surface area (Å²) in [5.74, 6) is 1.84. The van der Waals surface area contributed by atoms with Crippen molar-refractivity contribution in [1.82, 2.24) is 5.16 Å². The summed E-state index contributed by atoms with van der Waals surface area (Å²) in [6.45, 7) is 4.62. The van der Waals surface area contributed by atoms with E-state index in [0.29, 0.717) is 50.1 Å². The predicted octanol–water partition coefficient (Wildman–Crippen LogP) is 8.71. The Balaban J connectivity index is 1.54. The SMILES string of the molecule is CC(C)c1onc(-c2c(Cl)cccc2Cl)c1COc1ccc(C=Cc2cccc(OC=O)c2)c(Cl)c1. The number of carbonyl (C=O) groups is 1. The summed E-state index contributed by atoms with van der Waals surface area (Å²) in [6.07, 6.45) is 3.76. The van der Waals surface area contributed by atoms with Crippen LogP contribution in [0.2, 0.25) is 15.1 Å². The number of hydrogen-bond acceptors (Lipinski definition) is 5. The summed E-state index contributed by atoms with van der Waals surface area (Å²) in [5, 5.41) is 5.74. The molecule has 0 aliphatic heterocycles. The van der Waals surface area contributed by atoms with Crippen molar-refractivity contribution in [3.05, 3.63) is 98.2 Å². The van der Waals surface area contributed by atoms with E-state index in [-0.39, 0.29) is 12.5 Å². The number of rotatable bonds is 9. The highest BCUT2D eigenvalue weighted by molar-refractivity contribution is 6.39. The number of hydrogen-bond donors (Lipinski definition) is 0. The standard InChI is InChI=1S/C28H22Cl3NO4/c1-17(2)28-22(27(32-36-28)26-23(29)7-4-8-24(26)30)15-34-21-12-11-19(25(31)14-21)10-9-18-5-3-6-20(13-18)35-16-33/h3-14,16-17H,15H2,1-2H3. The van der Waals surface area contributed by atoms with Gasteiger partial charge in [0.05, 0.1) is 20.6 Å². The van der Waals surface area contributed by atoms with Gasteiger partial charge < -0.3 is 14.0 Å². The average molecular weight is 543 g/mol. The zero-order valence-electron chi connectivity index (χ0n) is 19.5. The molecule has 1 heterocycles. The Morgan fingerprint density at radius 2 is 1.67 bits per heavy atom. The van der Waals surface area contributed by atoms with E-state index in [1.165, 1.54) is 0 Å². The lowest BCUT2D eigenvalue weighted by Crippen LogP contribution is -2.01. The fraction of sp³-hybridized carbons (Fsp3) is 0.143. The molecule has 1 aromatic heterocycles. The zero-order chi connectivity index (χ0) is 25.7. The van der Waals surface area contributed by atoms with Gasteiger partial charge in [-0.25, -0.2) is 0 Å². The Morgan fingerprint density at radius 1 is 0.917 bits per heavy atom. The molecule has 4 aromatic rings. The van der Waals surface area contributed by atoms with Crippen LogP contribution in [0.1, 0.15) is 42.2 Å². The van der Waals surface area contributed by atoms with Crippen LogP contribution in [0.5, 0.6) is 11.5 Å². The first-order valence-corrected chi connectivity index (χ1v) is 12.2. The van der Waals surface area contributed by atoms with Crippen molar-refractivity contribution in [2.45, 2.75) is 26.4 Å². The fourth-order valence-electron chi connectivity index (χ4n) is 3.66. The molecule has 36 heavy (non-hydrogen) atoms. The second kappa shape index (κ2) is 11.7. The summed E-state index contributed by atoms with van der Waals surface area (Å²) in [5.41, 5.74) is 3.61. The topological polar surface area (TPSA) is 61.6 Å². The van der Waals surface area contributed by atoms with Crippen molar-refractivity contribution in [3.8, 4) is 22.8 Å². The van der Waals surface area contributed by atoms with Crippen LogP contribution < -0.4 is 9.47 Å². The molecule has 0 atom stereocenters. The third-order valence-corrected chi connectivity index (χ3v) is 6.35. The summed E-state index contributed by atoms with van der Waals surface area (Å²) in [4.78, 5) is 10.6. The summed E-state index contributed by atoms with van der Waals surface area (Å²) >= 11 is 19.4. The third-order valence-electron chi connectivity index (χ3n) is 5.40. The summed E-state index contributed by atoms with van der Waals surface area (Å²) in [6, 6.07) is 17.9. The van der Waals surface area contributed by atoms with Gasteiger partial charge in [0.2, 0.25) is 0 Å². The van der Waals surface area contributed by atoms with E-state index in [0.717, 1.165) is 16.7 Å². The normalized spacial score (nSPS) is 11.3. The van der Waals surface area contributed by atoms with Crippen LogP contribution in [-0.4, -0.2) is 11.6 Å². The second-order valence-electron chi connectivity index (χ2n) is 8.22. The molecule has 0 saturated carbocycles. The monoisotopic (exact) mass is 541 g/mol. The smallest absolute Gasteiger partial charge is 0.298 e. The molecule has 0 aliphatic rings. The molecule has 0 fully saturated rings. The molecule has 0 bridgehead atoms. The molecule has 0 N–H and O–H groups in total. The Bertz CT molecular complexity index is 1390. The zero-order valence-corrected chi connectivity index (χ0v) is 21.8. The fourth-order valence-corrected chi connectivity index (χ4v) is 4.47. The average Bonchev–Trinajstić information content (AvgIpc) is 3.26. The number of halogens is 3. The minimum Gasteiger partial charge on any atom is -0.489 e. The maximum atomic E-state index is 10.6. The Hall–Kier alpha value is -3.25. The molecular weight excluding hydrogens is 521 g/mol. The van der Waals surface area contributed by atoms with Crippen LogP contribution in [0.4, 0.5) is 0 Å². The van der Waals surface area contributed by atoms with Gasteiger partial charge in [0, 0.05) is 11.5 Å². The van der Waals surface area contributed by atoms with Gasteiger partial charge >= 0.3 is 0 Å². The van der Waals surface area contributed by atoms with Crippen LogP contribution >= 0.6 is 34.8 Å². The lowest BCUT2D eigenvalue weighted by molar-refractivity contribution is -0.120. The van der Waals surface area contributed by atoms with Gasteiger partial charge in [-0.05, 0) is 53.6 Å². The molecular formula is C28H22Cl3NO4. The van der Waals surface area contributed by atoms with Gasteiger partial charge in [-0.2, -0.15) is 0 Å². The second-order valence-corrected chi connectivity index (χ2v) is 9.44. The molecule has 5 nitrogen and oxygen atoms in total. The van der Waals surface area contributed by atoms with Gasteiger partial charge in [-0.3, -0.25) is 4.79 Å². The van der Waals surface area contributed by atoms with Crippen molar-refractivity contribution in [1.29, 1.82) is 0 Å². The van der Waals surface area contributed by atoms with Crippen molar-refractivity contribution in [2.75, 3.05) is 0 Å². The van der Waals surface area contributed by atoms with Gasteiger partial charge in [0.15, 0.2) is 0 Å². The van der Waals surface area contributed by atoms with Crippen molar-refractivity contribution in [2.24, 2.45) is 0 Å². The van der Waals surface area contributed by atoms with Crippen LogP contribution in [0, 0.1) is 0 Å². The number of aromatic nitrogens is 1. The summed E-state index contributed by atoms with van der Waals surface area (Å²) in [7, 11) is 0.